The van der Waals surface area contributed by atoms with Crippen LogP contribution < -0.4 is 11.1 Å². The number of amides is 1. The molecule has 0 unspecified atom stereocenters. The number of hydrogen-bond acceptors (Lipinski definition) is 2. The van der Waals surface area contributed by atoms with Gasteiger partial charge < -0.3 is 11.1 Å². The van der Waals surface area contributed by atoms with Gasteiger partial charge in [0, 0.05) is 11.7 Å². The number of halogens is 1. The maximum absolute atomic E-state index is 12.0. The number of anilines is 1. The average molecular weight is 311 g/mol. The number of hydrogen-bond donors (Lipinski definition) is 2. The van der Waals surface area contributed by atoms with E-state index in [1.165, 1.54) is 12.8 Å². The monoisotopic (exact) mass is 310 g/mol. The quantitative estimate of drug-likeness (QED) is 0.835. The van der Waals surface area contributed by atoms with Crippen molar-refractivity contribution in [2.75, 3.05) is 5.73 Å². The number of carbonyl (C=O) groups is 1. The number of nitrogens with one attached hydrogen (secondary N) is 1. The van der Waals surface area contributed by atoms with Crippen LogP contribution in [-0.4, -0.2) is 11.9 Å². The second-order valence-electron chi connectivity index (χ2n) is 6.34. The van der Waals surface area contributed by atoms with Gasteiger partial charge >= 0.3 is 0 Å². The second kappa shape index (κ2) is 8.28. The van der Waals surface area contributed by atoms with Crippen molar-refractivity contribution < 1.29 is 4.79 Å². The zero-order valence-electron chi connectivity index (χ0n) is 13.0. The normalized spacial score (nSPS) is 21.7. The van der Waals surface area contributed by atoms with Crippen molar-refractivity contribution in [3.63, 3.8) is 0 Å². The van der Waals surface area contributed by atoms with E-state index in [4.69, 9.17) is 5.73 Å². The van der Waals surface area contributed by atoms with Gasteiger partial charge in [-0.15, -0.1) is 12.4 Å². The minimum absolute atomic E-state index is 0. The van der Waals surface area contributed by atoms with E-state index in [1.807, 2.05) is 24.3 Å². The third kappa shape index (κ3) is 5.58. The fraction of sp³-hybridized carbons (Fsp3) is 0.588. The predicted molar refractivity (Wildman–Crippen MR) is 90.5 cm³/mol. The van der Waals surface area contributed by atoms with Crippen molar-refractivity contribution in [1.29, 1.82) is 0 Å². The summed E-state index contributed by atoms with van der Waals surface area (Å²) >= 11 is 0. The summed E-state index contributed by atoms with van der Waals surface area (Å²) < 4.78 is 0. The van der Waals surface area contributed by atoms with Crippen LogP contribution in [-0.2, 0) is 11.2 Å². The Morgan fingerprint density at radius 1 is 1.19 bits per heavy atom. The highest BCUT2D eigenvalue weighted by Crippen LogP contribution is 2.29. The Bertz CT molecular complexity index is 437. The molecule has 1 aromatic carbocycles. The molecule has 0 aromatic heterocycles. The lowest BCUT2D eigenvalue weighted by Gasteiger charge is -2.31. The van der Waals surface area contributed by atoms with E-state index in [9.17, 15) is 4.79 Å². The summed E-state index contributed by atoms with van der Waals surface area (Å²) in [7, 11) is 0. The Labute approximate surface area is 134 Å². The molecule has 0 bridgehead atoms. The maximum atomic E-state index is 12.0. The van der Waals surface area contributed by atoms with Crippen molar-refractivity contribution in [2.24, 2.45) is 11.8 Å². The summed E-state index contributed by atoms with van der Waals surface area (Å²) in [5.41, 5.74) is 7.40. The predicted octanol–water partition coefficient (Wildman–Crippen LogP) is 3.56. The SMILES string of the molecule is CC(C)C1CCC(NC(=O)Cc2ccc(N)cc2)CC1.Cl. The van der Waals surface area contributed by atoms with Gasteiger partial charge in [-0.05, 0) is 55.2 Å². The van der Waals surface area contributed by atoms with E-state index in [-0.39, 0.29) is 18.3 Å². The minimum Gasteiger partial charge on any atom is -0.399 e. The van der Waals surface area contributed by atoms with E-state index in [2.05, 4.69) is 19.2 Å². The van der Waals surface area contributed by atoms with Crippen molar-refractivity contribution in [1.82, 2.24) is 5.32 Å². The van der Waals surface area contributed by atoms with E-state index in [1.54, 1.807) is 0 Å². The lowest BCUT2D eigenvalue weighted by atomic mass is 9.79. The smallest absolute Gasteiger partial charge is 0.224 e. The van der Waals surface area contributed by atoms with Gasteiger partial charge in [-0.3, -0.25) is 4.79 Å². The van der Waals surface area contributed by atoms with Gasteiger partial charge in [0.2, 0.25) is 5.91 Å². The molecule has 1 amide bonds. The Balaban J connectivity index is 0.00000220. The van der Waals surface area contributed by atoms with E-state index in [0.717, 1.165) is 35.9 Å². The lowest BCUT2D eigenvalue weighted by Crippen LogP contribution is -2.39. The molecule has 1 saturated carbocycles. The Morgan fingerprint density at radius 2 is 1.76 bits per heavy atom. The fourth-order valence-electron chi connectivity index (χ4n) is 3.03. The molecule has 0 spiro atoms. The van der Waals surface area contributed by atoms with Crippen LogP contribution in [0.4, 0.5) is 5.69 Å². The van der Waals surface area contributed by atoms with Crippen LogP contribution >= 0.6 is 12.4 Å². The van der Waals surface area contributed by atoms with Gasteiger partial charge in [0.25, 0.3) is 0 Å². The zero-order valence-corrected chi connectivity index (χ0v) is 13.8. The summed E-state index contributed by atoms with van der Waals surface area (Å²) in [6.07, 6.45) is 5.17. The molecule has 1 aliphatic rings. The summed E-state index contributed by atoms with van der Waals surface area (Å²) in [6, 6.07) is 7.90. The molecule has 21 heavy (non-hydrogen) atoms. The van der Waals surface area contributed by atoms with Crippen LogP contribution in [0.3, 0.4) is 0 Å². The van der Waals surface area contributed by atoms with Crippen molar-refractivity contribution in [3.05, 3.63) is 29.8 Å². The molecular weight excluding hydrogens is 284 g/mol. The van der Waals surface area contributed by atoms with Crippen molar-refractivity contribution >= 4 is 24.0 Å². The molecule has 1 aromatic rings. The second-order valence-corrected chi connectivity index (χ2v) is 6.34. The van der Waals surface area contributed by atoms with E-state index < -0.39 is 0 Å². The van der Waals surface area contributed by atoms with Crippen LogP contribution in [0.2, 0.25) is 0 Å². The number of carbonyl (C=O) groups excluding carboxylic acids is 1. The first-order valence-corrected chi connectivity index (χ1v) is 7.68. The highest BCUT2D eigenvalue weighted by Gasteiger charge is 2.24. The van der Waals surface area contributed by atoms with Crippen molar-refractivity contribution in [2.45, 2.75) is 52.0 Å². The van der Waals surface area contributed by atoms with Gasteiger partial charge in [0.15, 0.2) is 0 Å². The number of benzene rings is 1. The summed E-state index contributed by atoms with van der Waals surface area (Å²) in [5.74, 6) is 1.73. The number of nitrogens with two attached hydrogens (primary N) is 1. The molecule has 0 atom stereocenters. The molecule has 0 heterocycles. The van der Waals surface area contributed by atoms with E-state index >= 15 is 0 Å². The average Bonchev–Trinajstić information content (AvgIpc) is 2.42. The van der Waals surface area contributed by atoms with Gasteiger partial charge in [-0.25, -0.2) is 0 Å². The lowest BCUT2D eigenvalue weighted by molar-refractivity contribution is -0.121. The summed E-state index contributed by atoms with van der Waals surface area (Å²) in [4.78, 5) is 12.0. The molecule has 2 rings (SSSR count). The Morgan fingerprint density at radius 3 is 2.29 bits per heavy atom. The van der Waals surface area contributed by atoms with Crippen LogP contribution in [0.5, 0.6) is 0 Å². The first-order chi connectivity index (χ1) is 9.54. The third-order valence-electron chi connectivity index (χ3n) is 4.42. The molecule has 4 heteroatoms. The first kappa shape index (κ1) is 17.8. The highest BCUT2D eigenvalue weighted by atomic mass is 35.5. The molecule has 0 aliphatic heterocycles. The maximum Gasteiger partial charge on any atom is 0.224 e. The topological polar surface area (TPSA) is 55.1 Å². The standard InChI is InChI=1S/C17H26N2O.ClH/c1-12(2)14-5-9-16(10-6-14)19-17(20)11-13-3-7-15(18)8-4-13;/h3-4,7-8,12,14,16H,5-6,9-11,18H2,1-2H3,(H,19,20);1H. The van der Waals surface area contributed by atoms with Gasteiger partial charge in [0.1, 0.15) is 0 Å². The molecule has 1 fully saturated rings. The molecule has 0 radical (unpaired) electrons. The van der Waals surface area contributed by atoms with Crippen molar-refractivity contribution in [3.8, 4) is 0 Å². The molecular formula is C17H27ClN2O. The van der Waals surface area contributed by atoms with Gasteiger partial charge in [0.05, 0.1) is 6.42 Å². The molecule has 1 aliphatic carbocycles. The zero-order chi connectivity index (χ0) is 14.5. The van der Waals surface area contributed by atoms with E-state index in [0.29, 0.717) is 12.5 Å². The van der Waals surface area contributed by atoms with Crippen LogP contribution in [0.1, 0.15) is 45.1 Å². The Kier molecular flexibility index (Phi) is 7.03. The van der Waals surface area contributed by atoms with Gasteiger partial charge in [-0.1, -0.05) is 26.0 Å². The van der Waals surface area contributed by atoms with Gasteiger partial charge in [-0.2, -0.15) is 0 Å². The molecule has 3 nitrogen and oxygen atoms in total. The van der Waals surface area contributed by atoms with Crippen LogP contribution in [0, 0.1) is 11.8 Å². The van der Waals surface area contributed by atoms with Crippen LogP contribution in [0.25, 0.3) is 0 Å². The highest BCUT2D eigenvalue weighted by molar-refractivity contribution is 5.85. The third-order valence-corrected chi connectivity index (χ3v) is 4.42. The number of rotatable bonds is 4. The minimum atomic E-state index is 0. The molecule has 118 valence electrons. The number of nitrogen functional groups attached to an aromatic ring is 1. The fourth-order valence-corrected chi connectivity index (χ4v) is 3.03. The van der Waals surface area contributed by atoms with Crippen LogP contribution in [0.15, 0.2) is 24.3 Å². The summed E-state index contributed by atoms with van der Waals surface area (Å²) in [6.45, 7) is 4.59. The first-order valence-electron chi connectivity index (χ1n) is 7.68. The molecule has 3 N–H and O–H groups in total. The largest absolute Gasteiger partial charge is 0.399 e. The summed E-state index contributed by atoms with van der Waals surface area (Å²) in [5, 5.41) is 3.17. The Hall–Kier alpha value is -1.22. The molecule has 0 saturated heterocycles.